The molecule has 0 fully saturated rings. The van der Waals surface area contributed by atoms with Gasteiger partial charge in [0.05, 0.1) is 0 Å². The van der Waals surface area contributed by atoms with E-state index in [0.29, 0.717) is 25.4 Å². The van der Waals surface area contributed by atoms with Crippen molar-refractivity contribution in [2.24, 2.45) is 0 Å². The summed E-state index contributed by atoms with van der Waals surface area (Å²) in [5.74, 6) is 1.46. The van der Waals surface area contributed by atoms with Crippen molar-refractivity contribution in [1.82, 2.24) is 15.5 Å². The largest absolute Gasteiger partial charge is 0.465 e. The highest BCUT2D eigenvalue weighted by Gasteiger charge is 2.25. The third-order valence-electron chi connectivity index (χ3n) is 5.19. The normalized spacial score (nSPS) is 10.9. The van der Waals surface area contributed by atoms with E-state index >= 15 is 0 Å². The third kappa shape index (κ3) is 7.55. The van der Waals surface area contributed by atoms with Gasteiger partial charge in [-0.3, -0.25) is 4.90 Å². The van der Waals surface area contributed by atoms with Gasteiger partial charge in [-0.15, -0.1) is 0 Å². The molecule has 0 unspecified atom stereocenters. The summed E-state index contributed by atoms with van der Waals surface area (Å²) in [6.07, 6.45) is -0.952. The van der Waals surface area contributed by atoms with Crippen LogP contribution in [0.2, 0.25) is 0 Å². The molecule has 34 heavy (non-hydrogen) atoms. The number of nitrogens with one attached hydrogen (secondary N) is 2. The first-order valence-electron chi connectivity index (χ1n) is 11.1. The predicted octanol–water partition coefficient (Wildman–Crippen LogP) is 5.76. The van der Waals surface area contributed by atoms with Crippen LogP contribution >= 0.6 is 0 Å². The highest BCUT2D eigenvalue weighted by Crippen LogP contribution is 2.22. The van der Waals surface area contributed by atoms with Crippen LogP contribution in [0.5, 0.6) is 11.5 Å². The molecule has 0 aliphatic rings. The summed E-state index contributed by atoms with van der Waals surface area (Å²) in [6.45, 7) is 6.64. The van der Waals surface area contributed by atoms with E-state index in [1.54, 1.807) is 0 Å². The minimum Gasteiger partial charge on any atom is -0.465 e. The lowest BCUT2D eigenvalue weighted by atomic mass is 10.0. The molecule has 7 nitrogen and oxygen atoms in total. The highest BCUT2D eigenvalue weighted by atomic mass is 16.5. The zero-order chi connectivity index (χ0) is 24.6. The van der Waals surface area contributed by atoms with Crippen LogP contribution in [0.3, 0.4) is 0 Å². The van der Waals surface area contributed by atoms with E-state index in [2.05, 4.69) is 10.6 Å². The van der Waals surface area contributed by atoms with Crippen LogP contribution in [0, 0.1) is 0 Å². The molecule has 0 aliphatic carbocycles. The van der Waals surface area contributed by atoms with Gasteiger partial charge in [-0.05, 0) is 61.7 Å². The van der Waals surface area contributed by atoms with Crippen molar-refractivity contribution in [3.63, 3.8) is 0 Å². The Kier molecular flexibility index (Phi) is 8.14. The maximum atomic E-state index is 12.2. The molecule has 3 aromatic carbocycles. The first kappa shape index (κ1) is 24.6. The molecule has 3 aromatic rings. The lowest BCUT2D eigenvalue weighted by Crippen LogP contribution is -2.44. The molecule has 7 heteroatoms. The second-order valence-electron chi connectivity index (χ2n) is 8.95. The van der Waals surface area contributed by atoms with Crippen molar-refractivity contribution >= 4 is 12.1 Å². The summed E-state index contributed by atoms with van der Waals surface area (Å²) in [5, 5.41) is 15.1. The molecule has 0 saturated carbocycles. The van der Waals surface area contributed by atoms with E-state index in [1.165, 1.54) is 4.90 Å². The van der Waals surface area contributed by atoms with Gasteiger partial charge in [-0.25, -0.2) is 9.59 Å². The molecule has 0 aliphatic heterocycles. The molecular weight excluding hydrogens is 430 g/mol. The summed E-state index contributed by atoms with van der Waals surface area (Å²) < 4.78 is 5.83. The van der Waals surface area contributed by atoms with Crippen molar-refractivity contribution in [2.45, 2.75) is 45.9 Å². The Bertz CT molecular complexity index is 1090. The van der Waals surface area contributed by atoms with Gasteiger partial charge in [0.2, 0.25) is 0 Å². The average Bonchev–Trinajstić information content (AvgIpc) is 2.80. The maximum absolute atomic E-state index is 12.2. The average molecular weight is 462 g/mol. The van der Waals surface area contributed by atoms with Crippen molar-refractivity contribution in [3.8, 4) is 11.5 Å². The predicted molar refractivity (Wildman–Crippen MR) is 132 cm³/mol. The first-order valence-corrected chi connectivity index (χ1v) is 11.1. The minimum atomic E-state index is -0.952. The number of hydrogen-bond donors (Lipinski definition) is 3. The summed E-state index contributed by atoms with van der Waals surface area (Å²) in [7, 11) is 0. The zero-order valence-corrected chi connectivity index (χ0v) is 19.7. The second-order valence-corrected chi connectivity index (χ2v) is 8.95. The molecule has 0 saturated heterocycles. The Morgan fingerprint density at radius 1 is 0.794 bits per heavy atom. The molecule has 0 spiro atoms. The molecule has 0 heterocycles. The van der Waals surface area contributed by atoms with Gasteiger partial charge >= 0.3 is 12.1 Å². The van der Waals surface area contributed by atoms with Crippen LogP contribution in [-0.2, 0) is 19.6 Å². The topological polar surface area (TPSA) is 90.9 Å². The van der Waals surface area contributed by atoms with E-state index in [0.717, 1.165) is 22.4 Å². The fraction of sp³-hybridized carbons (Fsp3) is 0.259. The van der Waals surface area contributed by atoms with Gasteiger partial charge in [0.15, 0.2) is 0 Å². The zero-order valence-electron chi connectivity index (χ0n) is 19.7. The Labute approximate surface area is 200 Å². The standard InChI is InChI=1S/C27H31N3O4/c1-27(2,3)30(26(32)33)19-21-14-12-20(13-15-21)17-28-25(31)29-18-22-8-7-11-24(16-22)34-23-9-5-4-6-10-23/h4-16H,17-19H2,1-3H3,(H,32,33)(H2,28,29,31). The van der Waals surface area contributed by atoms with Gasteiger partial charge in [-0.1, -0.05) is 54.6 Å². The number of amides is 3. The van der Waals surface area contributed by atoms with Crippen LogP contribution in [0.4, 0.5) is 9.59 Å². The van der Waals surface area contributed by atoms with E-state index in [1.807, 2.05) is 99.6 Å². The number of hydrogen-bond acceptors (Lipinski definition) is 3. The molecule has 0 atom stereocenters. The van der Waals surface area contributed by atoms with E-state index in [-0.39, 0.29) is 6.03 Å². The SMILES string of the molecule is CC(C)(C)N(Cc1ccc(CNC(=O)NCc2cccc(Oc3ccccc3)c2)cc1)C(=O)O. The number of carbonyl (C=O) groups is 2. The number of carbonyl (C=O) groups excluding carboxylic acids is 1. The smallest absolute Gasteiger partial charge is 0.408 e. The molecule has 0 aromatic heterocycles. The lowest BCUT2D eigenvalue weighted by Gasteiger charge is -2.33. The Morgan fingerprint density at radius 2 is 1.38 bits per heavy atom. The van der Waals surface area contributed by atoms with Crippen LogP contribution in [-0.4, -0.2) is 27.7 Å². The Balaban J connectivity index is 1.46. The Morgan fingerprint density at radius 3 is 2.00 bits per heavy atom. The molecule has 0 radical (unpaired) electrons. The van der Waals surface area contributed by atoms with Gasteiger partial charge in [0.1, 0.15) is 11.5 Å². The fourth-order valence-electron chi connectivity index (χ4n) is 3.31. The van der Waals surface area contributed by atoms with Gasteiger partial charge in [0.25, 0.3) is 0 Å². The molecule has 0 bridgehead atoms. The van der Waals surface area contributed by atoms with Crippen LogP contribution in [0.15, 0.2) is 78.9 Å². The summed E-state index contributed by atoms with van der Waals surface area (Å²) in [4.78, 5) is 25.2. The van der Waals surface area contributed by atoms with Crippen molar-refractivity contribution < 1.29 is 19.4 Å². The van der Waals surface area contributed by atoms with Crippen molar-refractivity contribution in [1.29, 1.82) is 0 Å². The number of ether oxygens (including phenoxy) is 1. The quantitative estimate of drug-likeness (QED) is 0.398. The summed E-state index contributed by atoms with van der Waals surface area (Å²) >= 11 is 0. The number of carboxylic acid groups (broad SMARTS) is 1. The van der Waals surface area contributed by atoms with Crippen molar-refractivity contribution in [3.05, 3.63) is 95.6 Å². The summed E-state index contributed by atoms with van der Waals surface area (Å²) in [5.41, 5.74) is 2.25. The second kappa shape index (κ2) is 11.2. The molecule has 3 amide bonds. The summed E-state index contributed by atoms with van der Waals surface area (Å²) in [6, 6.07) is 24.4. The minimum absolute atomic E-state index is 0.275. The number of rotatable bonds is 8. The molecular formula is C27H31N3O4. The van der Waals surface area contributed by atoms with Crippen LogP contribution in [0.25, 0.3) is 0 Å². The molecule has 178 valence electrons. The van der Waals surface area contributed by atoms with Gasteiger partial charge < -0.3 is 20.5 Å². The number of para-hydroxylation sites is 1. The number of nitrogens with zero attached hydrogens (tertiary/aromatic N) is 1. The Hall–Kier alpha value is -4.00. The van der Waals surface area contributed by atoms with Crippen LogP contribution < -0.4 is 15.4 Å². The first-order chi connectivity index (χ1) is 16.2. The van der Waals surface area contributed by atoms with E-state index < -0.39 is 11.6 Å². The third-order valence-corrected chi connectivity index (χ3v) is 5.19. The monoisotopic (exact) mass is 461 g/mol. The van der Waals surface area contributed by atoms with Gasteiger partial charge in [0, 0.05) is 25.2 Å². The van der Waals surface area contributed by atoms with Crippen molar-refractivity contribution in [2.75, 3.05) is 0 Å². The highest BCUT2D eigenvalue weighted by molar-refractivity contribution is 5.73. The van der Waals surface area contributed by atoms with Gasteiger partial charge in [-0.2, -0.15) is 0 Å². The number of urea groups is 1. The van der Waals surface area contributed by atoms with E-state index in [9.17, 15) is 14.7 Å². The molecule has 3 N–H and O–H groups in total. The lowest BCUT2D eigenvalue weighted by molar-refractivity contribution is 0.0955. The molecule has 3 rings (SSSR count). The maximum Gasteiger partial charge on any atom is 0.408 e. The number of benzene rings is 3. The fourth-order valence-corrected chi connectivity index (χ4v) is 3.31. The van der Waals surface area contributed by atoms with Crippen LogP contribution in [0.1, 0.15) is 37.5 Å². The van der Waals surface area contributed by atoms with E-state index in [4.69, 9.17) is 4.74 Å².